The molecule has 0 bridgehead atoms. The van der Waals surface area contributed by atoms with Gasteiger partial charge in [0.25, 0.3) is 0 Å². The molecule has 0 aliphatic heterocycles. The fraction of sp³-hybridized carbons (Fsp3) is 0.722. The van der Waals surface area contributed by atoms with Gasteiger partial charge in [0.05, 0.1) is 13.2 Å². The zero-order chi connectivity index (χ0) is 17.9. The summed E-state index contributed by atoms with van der Waals surface area (Å²) in [4.78, 5) is 30.3. The fourth-order valence-electron chi connectivity index (χ4n) is 2.41. The second-order valence-corrected chi connectivity index (χ2v) is 7.07. The largest absolute Gasteiger partial charge is 0.461 e. The number of amides is 1. The lowest BCUT2D eigenvalue weighted by Crippen LogP contribution is -2.36. The van der Waals surface area contributed by atoms with Crippen molar-refractivity contribution < 1.29 is 14.3 Å². The lowest BCUT2D eigenvalue weighted by atomic mass is 10.1. The van der Waals surface area contributed by atoms with Crippen LogP contribution in [0.3, 0.4) is 0 Å². The molecular weight excluding hydrogens is 324 g/mol. The first-order valence-electron chi connectivity index (χ1n) is 8.90. The Kier molecular flexibility index (Phi) is 9.60. The van der Waals surface area contributed by atoms with Crippen LogP contribution in [0, 0.1) is 0 Å². The molecule has 0 aromatic carbocycles. The van der Waals surface area contributed by atoms with E-state index < -0.39 is 5.97 Å². The highest BCUT2D eigenvalue weighted by Gasteiger charge is 2.19. The Morgan fingerprint density at radius 2 is 1.92 bits per heavy atom. The van der Waals surface area contributed by atoms with E-state index in [4.69, 9.17) is 4.74 Å². The smallest absolute Gasteiger partial charge is 0.357 e. The van der Waals surface area contributed by atoms with Crippen molar-refractivity contribution in [3.8, 4) is 0 Å². The van der Waals surface area contributed by atoms with Crippen LogP contribution in [0.15, 0.2) is 5.38 Å². The molecule has 0 atom stereocenters. The molecule has 1 rings (SSSR count). The number of thiazole rings is 1. The van der Waals surface area contributed by atoms with E-state index in [9.17, 15) is 9.59 Å². The Hall–Kier alpha value is -1.43. The van der Waals surface area contributed by atoms with Gasteiger partial charge >= 0.3 is 5.97 Å². The average Bonchev–Trinajstić information content (AvgIpc) is 3.01. The maximum Gasteiger partial charge on any atom is 0.357 e. The Balaban J connectivity index is 2.56. The summed E-state index contributed by atoms with van der Waals surface area (Å²) in [6, 6.07) is 0.114. The van der Waals surface area contributed by atoms with E-state index in [2.05, 4.69) is 11.9 Å². The Morgan fingerprint density at radius 3 is 2.54 bits per heavy atom. The zero-order valence-electron chi connectivity index (χ0n) is 15.3. The van der Waals surface area contributed by atoms with Gasteiger partial charge < -0.3 is 9.64 Å². The van der Waals surface area contributed by atoms with Crippen molar-refractivity contribution in [1.29, 1.82) is 0 Å². The highest BCUT2D eigenvalue weighted by atomic mass is 32.1. The molecule has 1 heterocycles. The van der Waals surface area contributed by atoms with Gasteiger partial charge in [-0.05, 0) is 27.2 Å². The second kappa shape index (κ2) is 11.2. The van der Waals surface area contributed by atoms with Gasteiger partial charge in [0, 0.05) is 17.8 Å². The van der Waals surface area contributed by atoms with Gasteiger partial charge in [-0.15, -0.1) is 11.3 Å². The summed E-state index contributed by atoms with van der Waals surface area (Å²) in [5, 5.41) is 2.47. The highest BCUT2D eigenvalue weighted by Crippen LogP contribution is 2.17. The number of esters is 1. The first-order chi connectivity index (χ1) is 11.5. The predicted molar refractivity (Wildman–Crippen MR) is 97.1 cm³/mol. The molecule has 0 saturated heterocycles. The summed E-state index contributed by atoms with van der Waals surface area (Å²) in [7, 11) is 0. The number of unbranched alkanes of at least 4 members (excludes halogenated alkanes) is 4. The molecule has 0 saturated carbocycles. The third kappa shape index (κ3) is 6.99. The molecule has 1 aromatic heterocycles. The molecule has 6 heteroatoms. The van der Waals surface area contributed by atoms with E-state index in [1.807, 2.05) is 18.7 Å². The minimum Gasteiger partial charge on any atom is -0.461 e. The topological polar surface area (TPSA) is 59.5 Å². The SMILES string of the molecule is CCCCCCCC(=O)N(Cc1nc(C(=O)OCC)cs1)C(C)C. The van der Waals surface area contributed by atoms with Gasteiger partial charge in [-0.1, -0.05) is 32.6 Å². The quantitative estimate of drug-likeness (QED) is 0.436. The van der Waals surface area contributed by atoms with Crippen molar-refractivity contribution >= 4 is 23.2 Å². The number of hydrogen-bond donors (Lipinski definition) is 0. The van der Waals surface area contributed by atoms with Crippen molar-refractivity contribution in [3.63, 3.8) is 0 Å². The first-order valence-corrected chi connectivity index (χ1v) is 9.78. The van der Waals surface area contributed by atoms with Gasteiger partial charge in [0.2, 0.25) is 5.91 Å². The molecule has 136 valence electrons. The molecule has 24 heavy (non-hydrogen) atoms. The van der Waals surface area contributed by atoms with E-state index in [-0.39, 0.29) is 11.9 Å². The van der Waals surface area contributed by atoms with E-state index in [1.165, 1.54) is 30.6 Å². The number of carbonyl (C=O) groups excluding carboxylic acids is 2. The Labute approximate surface area is 149 Å². The zero-order valence-corrected chi connectivity index (χ0v) is 16.2. The number of rotatable bonds is 11. The summed E-state index contributed by atoms with van der Waals surface area (Å²) in [5.74, 6) is -0.243. The summed E-state index contributed by atoms with van der Waals surface area (Å²) in [6.07, 6.45) is 6.26. The van der Waals surface area contributed by atoms with Gasteiger partial charge in [-0.2, -0.15) is 0 Å². The van der Waals surface area contributed by atoms with E-state index in [0.29, 0.717) is 25.3 Å². The van der Waals surface area contributed by atoms with Crippen LogP contribution in [-0.2, 0) is 16.1 Å². The van der Waals surface area contributed by atoms with Crippen molar-refractivity contribution in [1.82, 2.24) is 9.88 Å². The summed E-state index contributed by atoms with van der Waals surface area (Å²) < 4.78 is 4.95. The molecule has 0 aliphatic rings. The normalized spacial score (nSPS) is 10.9. The molecule has 1 amide bonds. The highest BCUT2D eigenvalue weighted by molar-refractivity contribution is 7.09. The Morgan fingerprint density at radius 1 is 1.21 bits per heavy atom. The van der Waals surface area contributed by atoms with Crippen LogP contribution in [-0.4, -0.2) is 34.4 Å². The van der Waals surface area contributed by atoms with Gasteiger partial charge in [-0.3, -0.25) is 4.79 Å². The molecular formula is C18H30N2O3S. The van der Waals surface area contributed by atoms with E-state index >= 15 is 0 Å². The second-order valence-electron chi connectivity index (χ2n) is 6.13. The number of ether oxygens (including phenoxy) is 1. The minimum atomic E-state index is -0.404. The third-order valence-corrected chi connectivity index (χ3v) is 4.61. The first kappa shape index (κ1) is 20.6. The average molecular weight is 355 g/mol. The summed E-state index contributed by atoms with van der Waals surface area (Å²) in [6.45, 7) is 8.76. The standard InChI is InChI=1S/C18H30N2O3S/c1-5-7-8-9-10-11-17(21)20(14(3)4)12-16-19-15(13-24-16)18(22)23-6-2/h13-14H,5-12H2,1-4H3. The molecule has 0 fully saturated rings. The van der Waals surface area contributed by atoms with Crippen LogP contribution < -0.4 is 0 Å². The lowest BCUT2D eigenvalue weighted by Gasteiger charge is -2.26. The van der Waals surface area contributed by atoms with Crippen molar-refractivity contribution in [3.05, 3.63) is 16.1 Å². The molecule has 5 nitrogen and oxygen atoms in total. The summed E-state index contributed by atoms with van der Waals surface area (Å²) >= 11 is 1.40. The molecule has 0 N–H and O–H groups in total. The number of aromatic nitrogens is 1. The Bertz CT molecular complexity index is 514. The molecule has 0 unspecified atom stereocenters. The predicted octanol–water partition coefficient (Wildman–Crippen LogP) is 4.42. The molecule has 1 aromatic rings. The van der Waals surface area contributed by atoms with Gasteiger partial charge in [-0.25, -0.2) is 9.78 Å². The number of hydrogen-bond acceptors (Lipinski definition) is 5. The van der Waals surface area contributed by atoms with Crippen LogP contribution in [0.25, 0.3) is 0 Å². The van der Waals surface area contributed by atoms with Crippen LogP contribution in [0.2, 0.25) is 0 Å². The minimum absolute atomic E-state index is 0.114. The summed E-state index contributed by atoms with van der Waals surface area (Å²) in [5.41, 5.74) is 0.326. The molecule has 0 aliphatic carbocycles. The van der Waals surface area contributed by atoms with E-state index in [1.54, 1.807) is 12.3 Å². The van der Waals surface area contributed by atoms with Crippen LogP contribution in [0.1, 0.15) is 81.7 Å². The lowest BCUT2D eigenvalue weighted by molar-refractivity contribution is -0.133. The van der Waals surface area contributed by atoms with Crippen molar-refractivity contribution in [2.75, 3.05) is 6.61 Å². The van der Waals surface area contributed by atoms with Crippen LogP contribution >= 0.6 is 11.3 Å². The maximum absolute atomic E-state index is 12.5. The van der Waals surface area contributed by atoms with Crippen LogP contribution in [0.4, 0.5) is 0 Å². The monoisotopic (exact) mass is 354 g/mol. The van der Waals surface area contributed by atoms with Gasteiger partial charge in [0.1, 0.15) is 5.01 Å². The number of carbonyl (C=O) groups is 2. The van der Waals surface area contributed by atoms with Crippen molar-refractivity contribution in [2.24, 2.45) is 0 Å². The van der Waals surface area contributed by atoms with Crippen LogP contribution in [0.5, 0.6) is 0 Å². The maximum atomic E-state index is 12.5. The van der Waals surface area contributed by atoms with E-state index in [0.717, 1.165) is 17.8 Å². The number of nitrogens with zero attached hydrogens (tertiary/aromatic N) is 2. The molecule has 0 spiro atoms. The fourth-order valence-corrected chi connectivity index (χ4v) is 3.17. The van der Waals surface area contributed by atoms with Crippen molar-refractivity contribution in [2.45, 2.75) is 78.8 Å². The van der Waals surface area contributed by atoms with Gasteiger partial charge in [0.15, 0.2) is 5.69 Å². The molecule has 0 radical (unpaired) electrons. The third-order valence-electron chi connectivity index (χ3n) is 3.78.